The number of carboxylic acid groups (broad SMARTS) is 1. The Bertz CT molecular complexity index is 1110. The fourth-order valence-corrected chi connectivity index (χ4v) is 11.0. The molecule has 0 saturated heterocycles. The van der Waals surface area contributed by atoms with E-state index in [4.69, 9.17) is 0 Å². The zero-order valence-electron chi connectivity index (χ0n) is 23.1. The van der Waals surface area contributed by atoms with E-state index < -0.39 is 11.4 Å². The first-order valence-corrected chi connectivity index (χ1v) is 14.2. The van der Waals surface area contributed by atoms with Crippen molar-refractivity contribution in [2.45, 2.75) is 112 Å². The van der Waals surface area contributed by atoms with Gasteiger partial charge in [-0.25, -0.2) is 0 Å². The third-order valence-corrected chi connectivity index (χ3v) is 13.1. The van der Waals surface area contributed by atoms with Crippen LogP contribution in [-0.2, 0) is 16.6 Å². The maximum Gasteiger partial charge on any atom is 0.310 e. The predicted octanol–water partition coefficient (Wildman–Crippen LogP) is 7.31. The van der Waals surface area contributed by atoms with Crippen molar-refractivity contribution in [1.29, 1.82) is 0 Å². The van der Waals surface area contributed by atoms with Crippen LogP contribution in [0.2, 0.25) is 0 Å². The number of fused-ring (bicyclic) bond motifs is 8. The van der Waals surface area contributed by atoms with E-state index in [9.17, 15) is 9.90 Å². The number of hydrogen-bond acceptors (Lipinski definition) is 2. The average molecular weight is 479 g/mol. The molecule has 4 heteroatoms. The van der Waals surface area contributed by atoms with E-state index in [1.165, 1.54) is 29.7 Å². The maximum atomic E-state index is 12.8. The molecule has 5 aliphatic carbocycles. The number of carboxylic acids is 1. The third kappa shape index (κ3) is 2.75. The van der Waals surface area contributed by atoms with E-state index in [1.54, 1.807) is 0 Å². The average Bonchev–Trinajstić information content (AvgIpc) is 3.22. The van der Waals surface area contributed by atoms with E-state index in [2.05, 4.69) is 70.9 Å². The molecule has 5 aliphatic rings. The number of hydrogen-bond donors (Lipinski definition) is 2. The second-order valence-electron chi connectivity index (χ2n) is 15.3. The van der Waals surface area contributed by atoms with Crippen molar-refractivity contribution in [3.05, 3.63) is 29.1 Å². The molecule has 0 amide bonds. The number of nitrogens with zero attached hydrogens (tertiary/aromatic N) is 1. The first-order valence-electron chi connectivity index (χ1n) is 14.2. The molecule has 192 valence electrons. The van der Waals surface area contributed by atoms with Gasteiger partial charge in [0.2, 0.25) is 0 Å². The van der Waals surface area contributed by atoms with Gasteiger partial charge in [0.25, 0.3) is 0 Å². The maximum absolute atomic E-state index is 12.8. The molecule has 0 spiro atoms. The molecular weight excluding hydrogens is 432 g/mol. The standard InChI is InChI=1S/C31H46N2O2/c1-26(2)12-14-31(25(34)35)15-13-29(6)20(21(31)17-26)8-9-23-28(5)16-19-18-32-33-24(19)27(3,4)22(28)10-11-30(23,29)7/h8,18,21-23H,9-17H2,1-7H3,(H,32,33)(H,34,35)/t21-,22-,23+,28-,29+,30+,31-/m0/s1. The third-order valence-electron chi connectivity index (χ3n) is 13.1. The fourth-order valence-electron chi connectivity index (χ4n) is 11.0. The zero-order chi connectivity index (χ0) is 25.2. The van der Waals surface area contributed by atoms with Gasteiger partial charge in [0.05, 0.1) is 11.6 Å². The van der Waals surface area contributed by atoms with Crippen LogP contribution in [0.25, 0.3) is 0 Å². The van der Waals surface area contributed by atoms with Gasteiger partial charge in [-0.2, -0.15) is 5.10 Å². The van der Waals surface area contributed by atoms with Gasteiger partial charge in [-0.1, -0.05) is 60.1 Å². The van der Waals surface area contributed by atoms with Crippen LogP contribution in [0.15, 0.2) is 17.8 Å². The summed E-state index contributed by atoms with van der Waals surface area (Å²) in [5.74, 6) is 0.896. The highest BCUT2D eigenvalue weighted by atomic mass is 16.4. The van der Waals surface area contributed by atoms with Crippen LogP contribution in [0, 0.1) is 44.8 Å². The summed E-state index contributed by atoms with van der Waals surface area (Å²) in [6, 6.07) is 0. The molecular formula is C31H46N2O2. The molecule has 3 saturated carbocycles. The Morgan fingerprint density at radius 2 is 1.71 bits per heavy atom. The van der Waals surface area contributed by atoms with Crippen LogP contribution in [0.4, 0.5) is 0 Å². The lowest BCUT2D eigenvalue weighted by atomic mass is 9.33. The highest BCUT2D eigenvalue weighted by Gasteiger charge is 2.69. The molecule has 1 aromatic rings. The summed E-state index contributed by atoms with van der Waals surface area (Å²) in [6.07, 6.45) is 14.1. The monoisotopic (exact) mass is 478 g/mol. The predicted molar refractivity (Wildman–Crippen MR) is 139 cm³/mol. The minimum Gasteiger partial charge on any atom is -0.481 e. The van der Waals surface area contributed by atoms with E-state index in [0.717, 1.165) is 44.9 Å². The second kappa shape index (κ2) is 6.84. The summed E-state index contributed by atoms with van der Waals surface area (Å²) < 4.78 is 0. The molecule has 4 nitrogen and oxygen atoms in total. The largest absolute Gasteiger partial charge is 0.481 e. The minimum absolute atomic E-state index is 0.0851. The molecule has 3 fully saturated rings. The molecule has 0 aliphatic heterocycles. The summed E-state index contributed by atoms with van der Waals surface area (Å²) >= 11 is 0. The topological polar surface area (TPSA) is 66.0 Å². The van der Waals surface area contributed by atoms with Crippen molar-refractivity contribution < 1.29 is 9.90 Å². The number of aromatic amines is 1. The number of nitrogens with one attached hydrogen (secondary N) is 1. The lowest BCUT2D eigenvalue weighted by molar-refractivity contribution is -0.177. The van der Waals surface area contributed by atoms with Gasteiger partial charge in [-0.15, -0.1) is 0 Å². The van der Waals surface area contributed by atoms with Crippen molar-refractivity contribution in [3.63, 3.8) is 0 Å². The summed E-state index contributed by atoms with van der Waals surface area (Å²) in [5.41, 5.74) is 4.58. The van der Waals surface area contributed by atoms with E-state index in [-0.39, 0.29) is 33.0 Å². The normalized spacial score (nSPS) is 47.3. The SMILES string of the molecule is CC1(C)CC[C@]2(C(=O)O)CC[C@]3(C)C(=CC[C@@H]4[C@@]5(C)Cc6cn[nH]c6C(C)(C)[C@@H]5CC[C@]43C)[C@@H]2C1. The number of allylic oxidation sites excluding steroid dienone is 2. The minimum atomic E-state index is -0.552. The van der Waals surface area contributed by atoms with Gasteiger partial charge in [0.1, 0.15) is 0 Å². The van der Waals surface area contributed by atoms with Crippen LogP contribution < -0.4 is 0 Å². The molecule has 1 aromatic heterocycles. The van der Waals surface area contributed by atoms with Gasteiger partial charge in [-0.3, -0.25) is 9.89 Å². The van der Waals surface area contributed by atoms with Crippen molar-refractivity contribution in [3.8, 4) is 0 Å². The van der Waals surface area contributed by atoms with Crippen LogP contribution in [0.5, 0.6) is 0 Å². The molecule has 0 radical (unpaired) electrons. The highest BCUT2D eigenvalue weighted by molar-refractivity contribution is 5.76. The summed E-state index contributed by atoms with van der Waals surface area (Å²) in [5, 5.41) is 18.4. The molecule has 6 rings (SSSR count). The van der Waals surface area contributed by atoms with Gasteiger partial charge in [-0.05, 0) is 103 Å². The number of H-pyrrole nitrogens is 1. The number of aromatic nitrogens is 2. The lowest BCUT2D eigenvalue weighted by Gasteiger charge is -2.70. The number of aliphatic carboxylic acids is 1. The second-order valence-corrected chi connectivity index (χ2v) is 15.3. The van der Waals surface area contributed by atoms with Crippen LogP contribution in [0.3, 0.4) is 0 Å². The quantitative estimate of drug-likeness (QED) is 0.416. The smallest absolute Gasteiger partial charge is 0.310 e. The molecule has 0 bridgehead atoms. The molecule has 0 unspecified atom stereocenters. The van der Waals surface area contributed by atoms with Gasteiger partial charge in [0.15, 0.2) is 0 Å². The van der Waals surface area contributed by atoms with Gasteiger partial charge < -0.3 is 5.11 Å². The molecule has 35 heavy (non-hydrogen) atoms. The first-order chi connectivity index (χ1) is 16.2. The zero-order valence-corrected chi connectivity index (χ0v) is 23.1. The Balaban J connectivity index is 1.47. The summed E-state index contributed by atoms with van der Waals surface area (Å²) in [7, 11) is 0. The fraction of sp³-hybridized carbons (Fsp3) is 0.806. The molecule has 7 atom stereocenters. The Labute approximate surface area is 211 Å². The Kier molecular flexibility index (Phi) is 4.65. The van der Waals surface area contributed by atoms with Crippen molar-refractivity contribution in [2.24, 2.45) is 44.8 Å². The summed E-state index contributed by atoms with van der Waals surface area (Å²) in [4.78, 5) is 12.8. The molecule has 2 N–H and O–H groups in total. The highest BCUT2D eigenvalue weighted by Crippen LogP contribution is 2.75. The molecule has 1 heterocycles. The Morgan fingerprint density at radius 1 is 1.00 bits per heavy atom. The van der Waals surface area contributed by atoms with Crippen molar-refractivity contribution >= 4 is 5.97 Å². The number of carbonyl (C=O) groups is 1. The van der Waals surface area contributed by atoms with Crippen LogP contribution in [-0.4, -0.2) is 21.3 Å². The van der Waals surface area contributed by atoms with E-state index in [0.29, 0.717) is 11.8 Å². The van der Waals surface area contributed by atoms with Crippen molar-refractivity contribution in [2.75, 3.05) is 0 Å². The lowest BCUT2D eigenvalue weighted by Crippen LogP contribution is -2.64. The van der Waals surface area contributed by atoms with Crippen LogP contribution in [0.1, 0.15) is 111 Å². The Hall–Kier alpha value is -1.58. The van der Waals surface area contributed by atoms with Gasteiger partial charge in [0, 0.05) is 11.1 Å². The number of rotatable bonds is 1. The van der Waals surface area contributed by atoms with Crippen molar-refractivity contribution in [1.82, 2.24) is 10.2 Å². The van der Waals surface area contributed by atoms with E-state index >= 15 is 0 Å². The van der Waals surface area contributed by atoms with Gasteiger partial charge >= 0.3 is 5.97 Å². The molecule has 0 aromatic carbocycles. The Morgan fingerprint density at radius 3 is 2.43 bits per heavy atom. The van der Waals surface area contributed by atoms with Crippen LogP contribution >= 0.6 is 0 Å². The summed E-state index contributed by atoms with van der Waals surface area (Å²) in [6.45, 7) is 17.3. The van der Waals surface area contributed by atoms with E-state index in [1.807, 2.05) is 0 Å². The first kappa shape index (κ1) is 23.8.